The molecule has 1 aromatic carbocycles. The smallest absolute Gasteiger partial charge is 0.180 e. The standard InChI is InChI=1S/C6H6.2C5H5N.2C4H4N2.2C4H5N.C4H4O.C4H4S.14C4H10.C3H4N2.2C3H3NO.2C3H3NS/c3*1-2-4-6-5-3-1;1-2-6-4-3-5-1;1-2-5-4-6-3-1;4*1-2-4-5-3-1;14*1-4(2)3;1-2-4-5-3-1;1-2-5-3-4-1;1-2-4-5-3-1;1-2-5-3-4-1;1-2-4-5-3-1/h1-6H;2*1-5H;2*1-4H;1,3-4H,2H2;1-5H;2*1-4H;14*4H,1-3H3;2-3H,1H2;4*1-3H. The molecule has 2 aliphatic rings. The Labute approximate surface area is 820 Å². The maximum Gasteiger partial charge on any atom is 0.180 e. The highest BCUT2D eigenvalue weighted by Crippen LogP contribution is 1.94. The first-order chi connectivity index (χ1) is 61.7. The van der Waals surface area contributed by atoms with Crippen molar-refractivity contribution in [2.24, 2.45) is 98.0 Å². The molecular formula is C111H198N14O3S3. The topological polar surface area (TPSA) is 221 Å². The summed E-state index contributed by atoms with van der Waals surface area (Å²) < 4.78 is 17.2. The SMILES string of the molecule is C1=CN=CC1.C1=NN=CC1.CC(C)C.CC(C)C.CC(C)C.CC(C)C.CC(C)C.CC(C)C.CC(C)C.CC(C)C.CC(C)C.CC(C)C.CC(C)C.CC(C)C.CC(C)C.CC(C)C.c1cc[nH]c1.c1ccccc1.c1ccncc1.c1ccncc1.c1ccoc1.c1ccsc1.c1cnccn1.c1cncnc1.c1cnoc1.c1cnsc1.c1cocn1.c1cscn1. The largest absolute Gasteiger partial charge is 0.473 e. The van der Waals surface area contributed by atoms with E-state index in [1.165, 1.54) is 36.8 Å². The fourth-order valence-electron chi connectivity index (χ4n) is 3.49. The predicted octanol–water partition coefficient (Wildman–Crippen LogP) is 37.2. The molecule has 0 saturated heterocycles. The first kappa shape index (κ1) is 153. The molecule has 0 saturated carbocycles. The number of rotatable bonds is 0. The summed E-state index contributed by atoms with van der Waals surface area (Å²) in [5.74, 6) is 11.7. The number of pyridine rings is 2. The highest BCUT2D eigenvalue weighted by Gasteiger charge is 1.78. The monoisotopic (exact) mass is 1870 g/mol. The number of thiazole rings is 1. The molecule has 13 heterocycles. The van der Waals surface area contributed by atoms with Crippen LogP contribution in [0.1, 0.15) is 304 Å². The van der Waals surface area contributed by atoms with Gasteiger partial charge in [-0.05, 0) is 172 Å². The van der Waals surface area contributed by atoms with Crippen LogP contribution in [0.15, 0.2) is 332 Å². The third kappa shape index (κ3) is 395. The van der Waals surface area contributed by atoms with Crippen LogP contribution in [0.2, 0.25) is 0 Å². The van der Waals surface area contributed by atoms with E-state index in [4.69, 9.17) is 0 Å². The van der Waals surface area contributed by atoms with Crippen LogP contribution in [-0.2, 0) is 0 Å². The molecule has 748 valence electrons. The van der Waals surface area contributed by atoms with Crippen LogP contribution in [0, 0.1) is 82.9 Å². The molecule has 131 heavy (non-hydrogen) atoms. The molecule has 11 aromatic heterocycles. The molecule has 1 N–H and O–H groups in total. The minimum atomic E-state index is 0.833. The first-order valence-corrected chi connectivity index (χ1v) is 49.1. The number of H-pyrrole nitrogens is 1. The van der Waals surface area contributed by atoms with Gasteiger partial charge in [0.05, 0.1) is 30.4 Å². The molecule has 17 nitrogen and oxygen atoms in total. The van der Waals surface area contributed by atoms with Gasteiger partial charge in [-0.25, -0.2) is 19.3 Å². The van der Waals surface area contributed by atoms with Crippen LogP contribution in [0.5, 0.6) is 0 Å². The second-order valence-electron chi connectivity index (χ2n) is 36.2. The van der Waals surface area contributed by atoms with Gasteiger partial charge in [-0.3, -0.25) is 29.9 Å². The number of nitrogens with zero attached hydrogens (tertiary/aromatic N) is 13. The van der Waals surface area contributed by atoms with Crippen molar-refractivity contribution in [2.45, 2.75) is 304 Å². The molecular weight excluding hydrogens is 1670 g/mol. The van der Waals surface area contributed by atoms with E-state index in [0.29, 0.717) is 0 Å². The van der Waals surface area contributed by atoms with Crippen LogP contribution in [0.4, 0.5) is 0 Å². The van der Waals surface area contributed by atoms with Crippen LogP contribution in [0.3, 0.4) is 0 Å². The zero-order chi connectivity index (χ0) is 103. The zero-order valence-electron chi connectivity index (χ0n) is 90.9. The number of oxazole rings is 1. The molecule has 2 aliphatic heterocycles. The van der Waals surface area contributed by atoms with Gasteiger partial charge in [-0.2, -0.15) is 21.5 Å². The van der Waals surface area contributed by atoms with Crippen molar-refractivity contribution in [3.63, 3.8) is 0 Å². The summed E-state index contributed by atoms with van der Waals surface area (Å²) in [5, 5.41) is 18.3. The molecule has 0 fully saturated rings. The van der Waals surface area contributed by atoms with E-state index in [2.05, 4.69) is 374 Å². The third-order valence-electron chi connectivity index (χ3n) is 6.47. The van der Waals surface area contributed by atoms with Gasteiger partial charge >= 0.3 is 0 Å². The van der Waals surface area contributed by atoms with E-state index in [0.717, 1.165) is 95.7 Å². The lowest BCUT2D eigenvalue weighted by atomic mass is 10.3. The highest BCUT2D eigenvalue weighted by atomic mass is 32.1. The average Bonchev–Trinajstić information content (AvgIpc) is 1.99. The number of aliphatic imine (C=N–C) groups is 1. The van der Waals surface area contributed by atoms with Crippen LogP contribution in [-0.4, -0.2) is 73.0 Å². The van der Waals surface area contributed by atoms with Gasteiger partial charge in [-0.15, -0.1) is 11.3 Å². The summed E-state index contributed by atoms with van der Waals surface area (Å²) in [7, 11) is 0. The molecule has 12 aromatic rings. The van der Waals surface area contributed by atoms with Crippen molar-refractivity contribution in [3.8, 4) is 0 Å². The fraction of sp³-hybridized carbons (Fsp3) is 0.523. The molecule has 0 atom stereocenters. The van der Waals surface area contributed by atoms with E-state index < -0.39 is 0 Å². The second kappa shape index (κ2) is 149. The van der Waals surface area contributed by atoms with Crippen LogP contribution in [0.25, 0.3) is 0 Å². The summed E-state index contributed by atoms with van der Waals surface area (Å²) in [4.78, 5) is 36.3. The maximum atomic E-state index is 4.58. The van der Waals surface area contributed by atoms with E-state index in [9.17, 15) is 0 Å². The molecule has 0 spiro atoms. The quantitative estimate of drug-likeness (QED) is 0.149. The van der Waals surface area contributed by atoms with Crippen molar-refractivity contribution >= 4 is 52.8 Å². The van der Waals surface area contributed by atoms with Gasteiger partial charge in [0.25, 0.3) is 0 Å². The number of benzene rings is 1. The fourth-order valence-corrected chi connectivity index (χ4v) is 4.65. The molecule has 0 radical (unpaired) electrons. The van der Waals surface area contributed by atoms with Crippen molar-refractivity contribution in [1.82, 2.24) is 54.4 Å². The van der Waals surface area contributed by atoms with Crippen LogP contribution >= 0.6 is 34.2 Å². The number of thiophene rings is 1. The number of allylic oxidation sites excluding steroid dienone is 1. The van der Waals surface area contributed by atoms with E-state index in [-0.39, 0.29) is 0 Å². The number of furan rings is 1. The van der Waals surface area contributed by atoms with Gasteiger partial charge in [0.1, 0.15) is 18.9 Å². The average molecular weight is 1870 g/mol. The minimum absolute atomic E-state index is 0.833. The Morgan fingerprint density at radius 1 is 0.244 bits per heavy atom. The molecule has 0 amide bonds. The Bertz CT molecular complexity index is 2520. The Hall–Kier alpha value is -9.63. The summed E-state index contributed by atoms with van der Waals surface area (Å²) >= 11 is 4.78. The number of aromatic nitrogens is 11. The lowest BCUT2D eigenvalue weighted by molar-refractivity contribution is 0.420. The highest BCUT2D eigenvalue weighted by molar-refractivity contribution is 7.07. The van der Waals surface area contributed by atoms with Gasteiger partial charge in [0.15, 0.2) is 6.39 Å². The van der Waals surface area contributed by atoms with Gasteiger partial charge in [0, 0.05) is 135 Å². The van der Waals surface area contributed by atoms with Gasteiger partial charge < -0.3 is 18.3 Å². The van der Waals surface area contributed by atoms with Gasteiger partial charge in [-0.1, -0.05) is 363 Å². The Morgan fingerprint density at radius 2 is 0.588 bits per heavy atom. The Balaban J connectivity index is -0.0000000905. The summed E-state index contributed by atoms with van der Waals surface area (Å²) in [5.41, 5.74) is 1.79. The summed E-state index contributed by atoms with van der Waals surface area (Å²) in [6.07, 6.45) is 47.7. The van der Waals surface area contributed by atoms with Crippen molar-refractivity contribution in [1.29, 1.82) is 0 Å². The van der Waals surface area contributed by atoms with Crippen molar-refractivity contribution < 1.29 is 13.4 Å². The van der Waals surface area contributed by atoms with E-state index in [1.807, 2.05) is 161 Å². The van der Waals surface area contributed by atoms with Crippen molar-refractivity contribution in [2.75, 3.05) is 0 Å². The zero-order valence-corrected chi connectivity index (χ0v) is 93.3. The number of nitrogens with one attached hydrogen (secondary N) is 1. The lowest BCUT2D eigenvalue weighted by Gasteiger charge is -1.79. The van der Waals surface area contributed by atoms with E-state index in [1.54, 1.807) is 158 Å². The van der Waals surface area contributed by atoms with Crippen LogP contribution < -0.4 is 0 Å². The molecule has 0 bridgehead atoms. The van der Waals surface area contributed by atoms with Crippen molar-refractivity contribution in [3.05, 3.63) is 304 Å². The molecule has 20 heteroatoms. The maximum absolute atomic E-state index is 4.58. The normalized spacial score (nSPS) is 9.16. The predicted molar refractivity (Wildman–Crippen MR) is 591 cm³/mol. The molecule has 0 unspecified atom stereocenters. The minimum Gasteiger partial charge on any atom is -0.473 e. The second-order valence-corrected chi connectivity index (χ2v) is 38.5. The number of hydrogen-bond donors (Lipinski definition) is 1. The molecule has 14 rings (SSSR count). The van der Waals surface area contributed by atoms with Gasteiger partial charge in [0.2, 0.25) is 0 Å². The summed E-state index contributed by atoms with van der Waals surface area (Å²) in [6.45, 7) is 91.0. The summed E-state index contributed by atoms with van der Waals surface area (Å²) in [6, 6.07) is 40.4. The number of aromatic amines is 1. The lowest BCUT2D eigenvalue weighted by Crippen LogP contribution is -1.66. The molecule has 0 aliphatic carbocycles. The Kier molecular flexibility index (Phi) is 173. The number of hydrogen-bond acceptors (Lipinski definition) is 19. The third-order valence-corrected chi connectivity index (χ3v) is 8.14. The Morgan fingerprint density at radius 3 is 0.687 bits per heavy atom. The van der Waals surface area contributed by atoms with E-state index >= 15 is 0 Å². The first-order valence-electron chi connectivity index (χ1n) is 46.4.